The van der Waals surface area contributed by atoms with E-state index in [0.29, 0.717) is 16.1 Å². The summed E-state index contributed by atoms with van der Waals surface area (Å²) in [6.07, 6.45) is 5.42. The van der Waals surface area contributed by atoms with Gasteiger partial charge >= 0.3 is 11.9 Å². The SMILES string of the molecule is CCCCCC/C(I)=C\C(F)(F)C(=O)OCC. The summed E-state index contributed by atoms with van der Waals surface area (Å²) in [6.45, 7) is 3.57. The fourth-order valence-corrected chi connectivity index (χ4v) is 2.05. The lowest BCUT2D eigenvalue weighted by molar-refractivity contribution is -0.164. The van der Waals surface area contributed by atoms with Crippen molar-refractivity contribution in [3.8, 4) is 0 Å². The van der Waals surface area contributed by atoms with Crippen molar-refractivity contribution in [3.63, 3.8) is 0 Å². The summed E-state index contributed by atoms with van der Waals surface area (Å²) in [5, 5.41) is 0. The molecule has 0 aromatic heterocycles. The highest BCUT2D eigenvalue weighted by molar-refractivity contribution is 14.1. The number of carbonyl (C=O) groups excluding carboxylic acids is 1. The molecule has 0 saturated carbocycles. The van der Waals surface area contributed by atoms with Crippen molar-refractivity contribution in [1.29, 1.82) is 0 Å². The van der Waals surface area contributed by atoms with Crippen molar-refractivity contribution >= 4 is 28.6 Å². The normalized spacial score (nSPS) is 12.6. The Morgan fingerprint density at radius 2 is 1.94 bits per heavy atom. The lowest BCUT2D eigenvalue weighted by atomic mass is 10.1. The minimum absolute atomic E-state index is 0.0324. The molecule has 100 valence electrons. The average molecular weight is 360 g/mol. The minimum Gasteiger partial charge on any atom is -0.461 e. The van der Waals surface area contributed by atoms with Gasteiger partial charge in [-0.25, -0.2) is 4.79 Å². The number of hydrogen-bond acceptors (Lipinski definition) is 2. The molecule has 0 radical (unpaired) electrons. The van der Waals surface area contributed by atoms with Crippen LogP contribution in [0.25, 0.3) is 0 Å². The van der Waals surface area contributed by atoms with Crippen molar-refractivity contribution in [1.82, 2.24) is 0 Å². The summed E-state index contributed by atoms with van der Waals surface area (Å²) >= 11 is 1.85. The summed E-state index contributed by atoms with van der Waals surface area (Å²) in [5.74, 6) is -4.97. The monoisotopic (exact) mass is 360 g/mol. The molecular formula is C12H19F2IO2. The molecule has 2 nitrogen and oxygen atoms in total. The lowest BCUT2D eigenvalue weighted by Gasteiger charge is -2.11. The predicted octanol–water partition coefficient (Wildman–Crippen LogP) is 4.47. The Morgan fingerprint density at radius 1 is 1.29 bits per heavy atom. The van der Waals surface area contributed by atoms with Crippen LogP contribution in [-0.2, 0) is 9.53 Å². The van der Waals surface area contributed by atoms with Gasteiger partial charge in [0.1, 0.15) is 0 Å². The molecule has 0 aliphatic rings. The first-order chi connectivity index (χ1) is 7.94. The van der Waals surface area contributed by atoms with Crippen LogP contribution in [0.5, 0.6) is 0 Å². The van der Waals surface area contributed by atoms with E-state index in [-0.39, 0.29) is 6.61 Å². The summed E-state index contributed by atoms with van der Waals surface area (Å²) in [4.78, 5) is 11.0. The van der Waals surface area contributed by atoms with E-state index in [0.717, 1.165) is 25.7 Å². The Balaban J connectivity index is 4.19. The van der Waals surface area contributed by atoms with Crippen LogP contribution in [-0.4, -0.2) is 18.5 Å². The Morgan fingerprint density at radius 3 is 2.47 bits per heavy atom. The predicted molar refractivity (Wildman–Crippen MR) is 72.4 cm³/mol. The second kappa shape index (κ2) is 8.83. The van der Waals surface area contributed by atoms with Gasteiger partial charge in [0.15, 0.2) is 0 Å². The van der Waals surface area contributed by atoms with Gasteiger partial charge in [0.05, 0.1) is 6.61 Å². The summed E-state index contributed by atoms with van der Waals surface area (Å²) in [6, 6.07) is 0. The van der Waals surface area contributed by atoms with E-state index in [2.05, 4.69) is 11.7 Å². The van der Waals surface area contributed by atoms with Crippen LogP contribution in [0.3, 0.4) is 0 Å². The Kier molecular flexibility index (Phi) is 8.72. The number of alkyl halides is 2. The standard InChI is InChI=1S/C12H19F2IO2/c1-3-5-6-7-8-10(15)9-12(13,14)11(16)17-4-2/h9H,3-8H2,1-2H3/b10-9+. The fourth-order valence-electron chi connectivity index (χ4n) is 1.28. The molecule has 0 aromatic rings. The van der Waals surface area contributed by atoms with Crippen LogP contribution in [0, 0.1) is 0 Å². The Bertz CT molecular complexity index is 265. The third-order valence-electron chi connectivity index (χ3n) is 2.15. The van der Waals surface area contributed by atoms with Gasteiger partial charge < -0.3 is 4.74 Å². The number of hydrogen-bond donors (Lipinski definition) is 0. The van der Waals surface area contributed by atoms with E-state index in [1.807, 2.05) is 22.6 Å². The van der Waals surface area contributed by atoms with Gasteiger partial charge in [-0.05, 0) is 45.9 Å². The molecule has 0 spiro atoms. The highest BCUT2D eigenvalue weighted by Crippen LogP contribution is 2.25. The van der Waals surface area contributed by atoms with Gasteiger partial charge in [0, 0.05) is 6.08 Å². The van der Waals surface area contributed by atoms with E-state index in [1.165, 1.54) is 6.92 Å². The number of allylic oxidation sites excluding steroid dienone is 1. The zero-order valence-electron chi connectivity index (χ0n) is 10.3. The molecule has 0 N–H and O–H groups in total. The molecule has 0 heterocycles. The Hall–Kier alpha value is -0.200. The highest BCUT2D eigenvalue weighted by Gasteiger charge is 2.38. The first kappa shape index (κ1) is 16.8. The number of unbranched alkanes of at least 4 members (excludes halogenated alkanes) is 3. The zero-order chi connectivity index (χ0) is 13.3. The Labute approximate surface area is 115 Å². The summed E-state index contributed by atoms with van der Waals surface area (Å²) in [5.41, 5.74) is 0. The third kappa shape index (κ3) is 7.68. The molecule has 0 fully saturated rings. The topological polar surface area (TPSA) is 26.3 Å². The molecule has 17 heavy (non-hydrogen) atoms. The van der Waals surface area contributed by atoms with Crippen LogP contribution in [0.2, 0.25) is 0 Å². The maximum Gasteiger partial charge on any atom is 0.381 e. The van der Waals surface area contributed by atoms with Gasteiger partial charge in [-0.2, -0.15) is 8.78 Å². The quantitative estimate of drug-likeness (QED) is 0.363. The second-order valence-electron chi connectivity index (χ2n) is 3.75. The van der Waals surface area contributed by atoms with Gasteiger partial charge in [-0.15, -0.1) is 0 Å². The van der Waals surface area contributed by atoms with E-state index in [9.17, 15) is 13.6 Å². The first-order valence-corrected chi connectivity index (χ1v) is 6.94. The van der Waals surface area contributed by atoms with Gasteiger partial charge in [0.2, 0.25) is 0 Å². The van der Waals surface area contributed by atoms with E-state index >= 15 is 0 Å². The number of carbonyl (C=O) groups is 1. The van der Waals surface area contributed by atoms with Gasteiger partial charge in [0.25, 0.3) is 0 Å². The minimum atomic E-state index is -3.50. The van der Waals surface area contributed by atoms with Crippen molar-refractivity contribution in [2.24, 2.45) is 0 Å². The molecule has 0 bridgehead atoms. The number of rotatable bonds is 8. The smallest absolute Gasteiger partial charge is 0.381 e. The molecule has 0 amide bonds. The molecular weight excluding hydrogens is 341 g/mol. The highest BCUT2D eigenvalue weighted by atomic mass is 127. The molecule has 0 aliphatic carbocycles. The maximum absolute atomic E-state index is 13.3. The zero-order valence-corrected chi connectivity index (χ0v) is 12.4. The molecule has 0 unspecified atom stereocenters. The first-order valence-electron chi connectivity index (χ1n) is 5.86. The number of halogens is 3. The molecule has 0 aliphatic heterocycles. The van der Waals surface area contributed by atoms with Crippen molar-refractivity contribution < 1.29 is 18.3 Å². The van der Waals surface area contributed by atoms with E-state index in [4.69, 9.17) is 0 Å². The van der Waals surface area contributed by atoms with E-state index < -0.39 is 11.9 Å². The van der Waals surface area contributed by atoms with Crippen molar-refractivity contribution in [2.45, 2.75) is 51.9 Å². The van der Waals surface area contributed by atoms with Crippen LogP contribution in [0.4, 0.5) is 8.78 Å². The number of esters is 1. The van der Waals surface area contributed by atoms with Crippen molar-refractivity contribution in [2.75, 3.05) is 6.61 Å². The molecule has 0 atom stereocenters. The van der Waals surface area contributed by atoms with Gasteiger partial charge in [-0.3, -0.25) is 0 Å². The third-order valence-corrected chi connectivity index (χ3v) is 3.01. The molecule has 0 saturated heterocycles. The maximum atomic E-state index is 13.3. The average Bonchev–Trinajstić information content (AvgIpc) is 2.24. The van der Waals surface area contributed by atoms with Crippen LogP contribution >= 0.6 is 22.6 Å². The van der Waals surface area contributed by atoms with Gasteiger partial charge in [-0.1, -0.05) is 26.2 Å². The second-order valence-corrected chi connectivity index (χ2v) is 5.13. The molecule has 0 aromatic carbocycles. The van der Waals surface area contributed by atoms with E-state index in [1.54, 1.807) is 0 Å². The summed E-state index contributed by atoms with van der Waals surface area (Å²) in [7, 11) is 0. The fraction of sp³-hybridized carbons (Fsp3) is 0.750. The summed E-state index contributed by atoms with van der Waals surface area (Å²) < 4.78 is 31.4. The molecule has 5 heteroatoms. The van der Waals surface area contributed by atoms with Crippen molar-refractivity contribution in [3.05, 3.63) is 9.66 Å². The number of ether oxygens (including phenoxy) is 1. The van der Waals surface area contributed by atoms with Crippen LogP contribution in [0.15, 0.2) is 9.66 Å². The van der Waals surface area contributed by atoms with Crippen LogP contribution < -0.4 is 0 Å². The molecule has 0 rings (SSSR count). The largest absolute Gasteiger partial charge is 0.461 e. The lowest BCUT2D eigenvalue weighted by Crippen LogP contribution is -2.28. The van der Waals surface area contributed by atoms with Crippen LogP contribution in [0.1, 0.15) is 46.0 Å².